The molecule has 0 radical (unpaired) electrons. The predicted octanol–water partition coefficient (Wildman–Crippen LogP) is 0.404. The van der Waals surface area contributed by atoms with Crippen molar-refractivity contribution in [2.45, 2.75) is 0 Å². The SMILES string of the molecule is F.O=C=S. The van der Waals surface area contributed by atoms with Crippen LogP contribution in [0, 0.1) is 0 Å². The van der Waals surface area contributed by atoms with Gasteiger partial charge in [0.25, 0.3) is 0 Å². The molecule has 0 aromatic heterocycles. The molecule has 0 fully saturated rings. The molecule has 1 nitrogen and oxygen atoms in total. The number of hydrogen-bond acceptors (Lipinski definition) is 2. The average Bonchev–Trinajstić information content (AvgIpc) is 0.918. The Morgan fingerprint density at radius 2 is 1.75 bits per heavy atom. The van der Waals surface area contributed by atoms with E-state index < -0.39 is 0 Å². The van der Waals surface area contributed by atoms with Crippen molar-refractivity contribution in [3.63, 3.8) is 0 Å². The van der Waals surface area contributed by atoms with Gasteiger partial charge in [-0.15, -0.1) is 0 Å². The van der Waals surface area contributed by atoms with Gasteiger partial charge >= 0.3 is 0 Å². The van der Waals surface area contributed by atoms with Crippen molar-refractivity contribution < 1.29 is 9.50 Å². The third-order valence-corrected chi connectivity index (χ3v) is 0. The van der Waals surface area contributed by atoms with Crippen molar-refractivity contribution in [3.05, 3.63) is 0 Å². The molecule has 24 valence electrons. The lowest BCUT2D eigenvalue weighted by molar-refractivity contribution is 0.572. The van der Waals surface area contributed by atoms with Gasteiger partial charge in [-0.05, 0) is 0 Å². The summed E-state index contributed by atoms with van der Waals surface area (Å²) in [6, 6.07) is 0. The minimum Gasteiger partial charge on any atom is -0.269 e. The molecular weight excluding hydrogens is 79.1 g/mol. The number of rotatable bonds is 0. The third kappa shape index (κ3) is 12.6. The highest BCUT2D eigenvalue weighted by Gasteiger charge is 1.07. The van der Waals surface area contributed by atoms with E-state index >= 15 is 0 Å². The van der Waals surface area contributed by atoms with Gasteiger partial charge in [-0.2, -0.15) is 0 Å². The van der Waals surface area contributed by atoms with Crippen LogP contribution < -0.4 is 0 Å². The second-order valence-corrected chi connectivity index (χ2v) is 0.250. The fourth-order valence-electron chi connectivity index (χ4n) is 0. The highest BCUT2D eigenvalue weighted by atomic mass is 32.1. The summed E-state index contributed by atoms with van der Waals surface area (Å²) in [5.41, 5.74) is 0. The molecule has 0 saturated heterocycles. The van der Waals surface area contributed by atoms with E-state index in [0.717, 1.165) is 5.23 Å². The maximum absolute atomic E-state index is 8.50. The summed E-state index contributed by atoms with van der Waals surface area (Å²) in [4.78, 5) is 8.50. The first kappa shape index (κ1) is 9.29. The van der Waals surface area contributed by atoms with Crippen LogP contribution >= 0.6 is 12.2 Å². The molecule has 4 heavy (non-hydrogen) atoms. The lowest BCUT2D eigenvalue weighted by atomic mass is 11.9. The Labute approximate surface area is 28.0 Å². The number of carbonyl (C=O) groups excluding carboxylic acids is 1. The Balaban J connectivity index is 0. The Hall–Kier alpha value is -0.270. The van der Waals surface area contributed by atoms with Crippen molar-refractivity contribution in [2.75, 3.05) is 0 Å². The molecule has 0 N–H and O–H groups in total. The zero-order valence-electron chi connectivity index (χ0n) is 1.72. The van der Waals surface area contributed by atoms with E-state index in [4.69, 9.17) is 4.79 Å². The van der Waals surface area contributed by atoms with E-state index in [0.29, 0.717) is 0 Å². The van der Waals surface area contributed by atoms with E-state index in [1.807, 2.05) is 0 Å². The van der Waals surface area contributed by atoms with E-state index in [9.17, 15) is 0 Å². The van der Waals surface area contributed by atoms with Crippen LogP contribution in [0.2, 0.25) is 0 Å². The molecule has 0 aliphatic rings. The Bertz CT molecular complexity index is 29.0. The van der Waals surface area contributed by atoms with Gasteiger partial charge in [-0.25, -0.2) is 4.79 Å². The Kier molecular flexibility index (Phi) is 35.6. The maximum Gasteiger partial charge on any atom is 0.202 e. The van der Waals surface area contributed by atoms with Gasteiger partial charge in [0.05, 0.1) is 0 Å². The first-order chi connectivity index (χ1) is 1.41. The second-order valence-electron chi connectivity index (χ2n) is 0.0833. The second kappa shape index (κ2) is 15.3. The standard InChI is InChI=1S/COS.FH/c2-1-3;/h;1H. The van der Waals surface area contributed by atoms with Crippen LogP contribution in [-0.4, -0.2) is 5.23 Å². The first-order valence-electron chi connectivity index (χ1n) is 0.408. The van der Waals surface area contributed by atoms with Crippen LogP contribution in [0.3, 0.4) is 0 Å². The lowest BCUT2D eigenvalue weighted by Gasteiger charge is -0.970. The fraction of sp³-hybridized carbons (Fsp3) is 0. The van der Waals surface area contributed by atoms with Crippen molar-refractivity contribution >= 4 is 17.5 Å². The largest absolute Gasteiger partial charge is 0.269 e. The van der Waals surface area contributed by atoms with E-state index in [-0.39, 0.29) is 4.70 Å². The molecule has 0 saturated carbocycles. The van der Waals surface area contributed by atoms with Gasteiger partial charge in [-0.3, -0.25) is 4.70 Å². The van der Waals surface area contributed by atoms with Gasteiger partial charge in [0.2, 0.25) is 5.23 Å². The van der Waals surface area contributed by atoms with E-state index in [2.05, 4.69) is 12.2 Å². The van der Waals surface area contributed by atoms with Crippen LogP contribution in [0.4, 0.5) is 4.70 Å². The molecule has 0 heterocycles. The van der Waals surface area contributed by atoms with Crippen LogP contribution in [0.1, 0.15) is 0 Å². The molecule has 0 aliphatic heterocycles. The molecule has 0 unspecified atom stereocenters. The Morgan fingerprint density at radius 3 is 1.75 bits per heavy atom. The molecule has 0 aromatic carbocycles. The van der Waals surface area contributed by atoms with Gasteiger partial charge in [-0.1, -0.05) is 0 Å². The van der Waals surface area contributed by atoms with Gasteiger partial charge < -0.3 is 0 Å². The molecule has 0 atom stereocenters. The highest BCUT2D eigenvalue weighted by Crippen LogP contribution is 1.14. The zero-order chi connectivity index (χ0) is 2.71. The van der Waals surface area contributed by atoms with E-state index in [1.165, 1.54) is 0 Å². The van der Waals surface area contributed by atoms with Crippen molar-refractivity contribution in [3.8, 4) is 0 Å². The summed E-state index contributed by atoms with van der Waals surface area (Å²) >= 11 is 3.59. The van der Waals surface area contributed by atoms with Gasteiger partial charge in [0.15, 0.2) is 0 Å². The predicted molar refractivity (Wildman–Crippen MR) is 15.8 cm³/mol. The van der Waals surface area contributed by atoms with Crippen LogP contribution in [0.5, 0.6) is 0 Å². The smallest absolute Gasteiger partial charge is 0.202 e. The summed E-state index contributed by atoms with van der Waals surface area (Å²) in [6.45, 7) is 0. The Morgan fingerprint density at radius 1 is 1.75 bits per heavy atom. The van der Waals surface area contributed by atoms with Crippen molar-refractivity contribution in [1.29, 1.82) is 0 Å². The summed E-state index contributed by atoms with van der Waals surface area (Å²) in [5.74, 6) is 0. The average molecular weight is 80.1 g/mol. The summed E-state index contributed by atoms with van der Waals surface area (Å²) in [7, 11) is 0. The van der Waals surface area contributed by atoms with E-state index in [1.54, 1.807) is 0 Å². The molecule has 0 bridgehead atoms. The minimum atomic E-state index is 0. The fourth-order valence-corrected chi connectivity index (χ4v) is 0. The normalized spacial score (nSPS) is 2.00. The summed E-state index contributed by atoms with van der Waals surface area (Å²) in [6.07, 6.45) is 0. The minimum absolute atomic E-state index is 0. The van der Waals surface area contributed by atoms with Gasteiger partial charge in [0.1, 0.15) is 0 Å². The monoisotopic (exact) mass is 80.0 g/mol. The summed E-state index contributed by atoms with van der Waals surface area (Å²) < 4.78 is 0. The van der Waals surface area contributed by atoms with Crippen LogP contribution in [-0.2, 0) is 4.79 Å². The molecule has 3 heteroatoms. The highest BCUT2D eigenvalue weighted by molar-refractivity contribution is 7.78. The van der Waals surface area contributed by atoms with Crippen LogP contribution in [0.15, 0.2) is 0 Å². The van der Waals surface area contributed by atoms with Gasteiger partial charge in [0, 0.05) is 12.2 Å². The quantitative estimate of drug-likeness (QED) is 0.392. The molecule has 0 spiro atoms. The van der Waals surface area contributed by atoms with Crippen molar-refractivity contribution in [2.24, 2.45) is 0 Å². The lowest BCUT2D eigenvalue weighted by Crippen LogP contribution is -1.08. The summed E-state index contributed by atoms with van der Waals surface area (Å²) in [5, 5.41) is 1.08. The first-order valence-corrected chi connectivity index (χ1v) is 0.816. The number of hydrogen-bond donors (Lipinski definition) is 0. The zero-order valence-corrected chi connectivity index (χ0v) is 2.54. The third-order valence-electron chi connectivity index (χ3n) is 0. The molecule has 0 aromatic rings. The molecule has 0 rings (SSSR count). The van der Waals surface area contributed by atoms with Crippen LogP contribution in [0.25, 0.3) is 0 Å². The molecule has 0 aliphatic carbocycles. The topological polar surface area (TPSA) is 17.1 Å². The molecular formula is CHFOS. The number of halogens is 1. The number of thiocarbonyl (C=S) groups is 1. The van der Waals surface area contributed by atoms with Crippen molar-refractivity contribution in [1.82, 2.24) is 0 Å². The maximum atomic E-state index is 8.50. The molecule has 0 amide bonds.